The Bertz CT molecular complexity index is 1140. The fourth-order valence-electron chi connectivity index (χ4n) is 3.68. The number of amides is 1. The van der Waals surface area contributed by atoms with Gasteiger partial charge in [-0.1, -0.05) is 35.5 Å². The Morgan fingerprint density at radius 2 is 1.77 bits per heavy atom. The molecule has 0 aliphatic carbocycles. The van der Waals surface area contributed by atoms with Gasteiger partial charge in [0.2, 0.25) is 15.9 Å². The standard InChI is InChI=1S/C22H24N4O4S/c23-31(28,29)20-8-6-18(7-9-20)24-22(27)17-10-12-26(13-11-17)15-19-14-21(25-30-19)16-4-2-1-3-5-16/h1-9,14,17H,10-13,15H2,(H,24,27)(H2,23,28,29). The van der Waals surface area contributed by atoms with E-state index in [1.165, 1.54) is 12.1 Å². The number of aromatic nitrogens is 1. The van der Waals surface area contributed by atoms with Gasteiger partial charge in [-0.15, -0.1) is 0 Å². The first-order chi connectivity index (χ1) is 14.9. The van der Waals surface area contributed by atoms with Gasteiger partial charge < -0.3 is 9.84 Å². The van der Waals surface area contributed by atoms with Crippen molar-refractivity contribution in [2.45, 2.75) is 24.3 Å². The number of nitrogens with one attached hydrogen (secondary N) is 1. The van der Waals surface area contributed by atoms with Crippen molar-refractivity contribution in [2.75, 3.05) is 18.4 Å². The lowest BCUT2D eigenvalue weighted by molar-refractivity contribution is -0.121. The molecule has 0 bridgehead atoms. The van der Waals surface area contributed by atoms with Crippen LogP contribution in [0.3, 0.4) is 0 Å². The monoisotopic (exact) mass is 440 g/mol. The molecule has 0 atom stereocenters. The molecule has 1 fully saturated rings. The highest BCUT2D eigenvalue weighted by atomic mass is 32.2. The van der Waals surface area contributed by atoms with Crippen LogP contribution in [0.15, 0.2) is 70.1 Å². The van der Waals surface area contributed by atoms with Crippen molar-refractivity contribution < 1.29 is 17.7 Å². The Morgan fingerprint density at radius 3 is 2.42 bits per heavy atom. The maximum Gasteiger partial charge on any atom is 0.238 e. The van der Waals surface area contributed by atoms with Gasteiger partial charge in [0.1, 0.15) is 5.69 Å². The second-order valence-electron chi connectivity index (χ2n) is 7.65. The van der Waals surface area contributed by atoms with E-state index in [-0.39, 0.29) is 16.7 Å². The third-order valence-corrected chi connectivity index (χ3v) is 6.35. The van der Waals surface area contributed by atoms with E-state index in [0.29, 0.717) is 12.2 Å². The number of carbonyl (C=O) groups excluding carboxylic acids is 1. The molecule has 1 amide bonds. The van der Waals surface area contributed by atoms with Gasteiger partial charge in [-0.05, 0) is 50.2 Å². The van der Waals surface area contributed by atoms with Gasteiger partial charge in [-0.3, -0.25) is 9.69 Å². The SMILES string of the molecule is NS(=O)(=O)c1ccc(NC(=O)C2CCN(Cc3cc(-c4ccccc4)no3)CC2)cc1. The van der Waals surface area contributed by atoms with Crippen LogP contribution in [-0.4, -0.2) is 37.5 Å². The number of piperidine rings is 1. The number of hydrogen-bond acceptors (Lipinski definition) is 6. The zero-order valence-corrected chi connectivity index (χ0v) is 17.7. The van der Waals surface area contributed by atoms with Crippen molar-refractivity contribution in [2.24, 2.45) is 11.1 Å². The zero-order chi connectivity index (χ0) is 21.8. The minimum absolute atomic E-state index is 0.0154. The molecule has 0 radical (unpaired) electrons. The zero-order valence-electron chi connectivity index (χ0n) is 16.9. The van der Waals surface area contributed by atoms with Crippen LogP contribution in [-0.2, 0) is 21.4 Å². The predicted molar refractivity (Wildman–Crippen MR) is 116 cm³/mol. The Labute approximate surface area is 181 Å². The number of carbonyl (C=O) groups is 1. The molecule has 2 aromatic carbocycles. The van der Waals surface area contributed by atoms with Gasteiger partial charge in [-0.2, -0.15) is 0 Å². The van der Waals surface area contributed by atoms with E-state index in [1.807, 2.05) is 36.4 Å². The van der Waals surface area contributed by atoms with Crippen LogP contribution in [0.5, 0.6) is 0 Å². The van der Waals surface area contributed by atoms with Crippen LogP contribution in [0.2, 0.25) is 0 Å². The fraction of sp³-hybridized carbons (Fsp3) is 0.273. The molecule has 0 saturated carbocycles. The maximum atomic E-state index is 12.6. The molecule has 8 nitrogen and oxygen atoms in total. The van der Waals surface area contributed by atoms with Crippen molar-refractivity contribution in [3.8, 4) is 11.3 Å². The number of hydrogen-bond donors (Lipinski definition) is 2. The molecule has 162 valence electrons. The molecule has 0 unspecified atom stereocenters. The average Bonchev–Trinajstić information content (AvgIpc) is 3.23. The summed E-state index contributed by atoms with van der Waals surface area (Å²) < 4.78 is 28.1. The summed E-state index contributed by atoms with van der Waals surface area (Å²) in [5, 5.41) is 12.1. The summed E-state index contributed by atoms with van der Waals surface area (Å²) in [7, 11) is -3.75. The highest BCUT2D eigenvalue weighted by molar-refractivity contribution is 7.89. The molecule has 1 aliphatic rings. The van der Waals surface area contributed by atoms with Gasteiger partial charge in [0, 0.05) is 23.2 Å². The van der Waals surface area contributed by atoms with E-state index in [0.717, 1.165) is 42.9 Å². The lowest BCUT2D eigenvalue weighted by Crippen LogP contribution is -2.37. The highest BCUT2D eigenvalue weighted by Gasteiger charge is 2.26. The second-order valence-corrected chi connectivity index (χ2v) is 9.21. The summed E-state index contributed by atoms with van der Waals surface area (Å²) in [6.45, 7) is 2.22. The Kier molecular flexibility index (Phi) is 6.17. The molecular weight excluding hydrogens is 416 g/mol. The third-order valence-electron chi connectivity index (χ3n) is 5.42. The second kappa shape index (κ2) is 9.01. The Hall–Kier alpha value is -3.01. The van der Waals surface area contributed by atoms with Crippen LogP contribution in [0, 0.1) is 5.92 Å². The first kappa shape index (κ1) is 21.2. The molecular formula is C22H24N4O4S. The normalized spacial score (nSPS) is 15.6. The van der Waals surface area contributed by atoms with Crippen molar-refractivity contribution >= 4 is 21.6 Å². The fourth-order valence-corrected chi connectivity index (χ4v) is 4.19. The van der Waals surface area contributed by atoms with E-state index < -0.39 is 10.0 Å². The summed E-state index contributed by atoms with van der Waals surface area (Å²) in [6.07, 6.45) is 1.47. The van der Waals surface area contributed by atoms with Crippen molar-refractivity contribution in [3.63, 3.8) is 0 Å². The first-order valence-corrected chi connectivity index (χ1v) is 11.6. The van der Waals surface area contributed by atoms with Crippen LogP contribution < -0.4 is 10.5 Å². The van der Waals surface area contributed by atoms with Gasteiger partial charge in [-0.25, -0.2) is 13.6 Å². The molecule has 31 heavy (non-hydrogen) atoms. The quantitative estimate of drug-likeness (QED) is 0.608. The van der Waals surface area contributed by atoms with Gasteiger partial charge in [0.25, 0.3) is 0 Å². The molecule has 4 rings (SSSR count). The summed E-state index contributed by atoms with van der Waals surface area (Å²) in [5.41, 5.74) is 2.39. The number of likely N-dealkylation sites (tertiary alicyclic amines) is 1. The van der Waals surface area contributed by atoms with E-state index in [1.54, 1.807) is 12.1 Å². The van der Waals surface area contributed by atoms with Crippen molar-refractivity contribution in [3.05, 3.63) is 66.4 Å². The molecule has 1 saturated heterocycles. The molecule has 0 spiro atoms. The van der Waals surface area contributed by atoms with Crippen LogP contribution in [0.25, 0.3) is 11.3 Å². The first-order valence-electron chi connectivity index (χ1n) is 10.1. The van der Waals surface area contributed by atoms with Gasteiger partial charge >= 0.3 is 0 Å². The molecule has 2 heterocycles. The number of nitrogens with two attached hydrogens (primary N) is 1. The third kappa shape index (κ3) is 5.38. The number of primary sulfonamides is 1. The summed E-state index contributed by atoms with van der Waals surface area (Å²) in [6, 6.07) is 17.7. The van der Waals surface area contributed by atoms with Crippen LogP contribution in [0.1, 0.15) is 18.6 Å². The molecule has 3 aromatic rings. The minimum Gasteiger partial charge on any atom is -0.359 e. The van der Waals surface area contributed by atoms with Crippen LogP contribution >= 0.6 is 0 Å². The van der Waals surface area contributed by atoms with E-state index in [4.69, 9.17) is 9.66 Å². The Balaban J connectivity index is 1.28. The number of rotatable bonds is 6. The van der Waals surface area contributed by atoms with E-state index >= 15 is 0 Å². The smallest absolute Gasteiger partial charge is 0.238 e. The number of sulfonamides is 1. The lowest BCUT2D eigenvalue weighted by atomic mass is 9.95. The van der Waals surface area contributed by atoms with Crippen LogP contribution in [0.4, 0.5) is 5.69 Å². The summed E-state index contributed by atoms with van der Waals surface area (Å²) in [5.74, 6) is 0.648. The summed E-state index contributed by atoms with van der Waals surface area (Å²) in [4.78, 5) is 14.8. The predicted octanol–water partition coefficient (Wildman–Crippen LogP) is 2.84. The van der Waals surface area contributed by atoms with E-state index in [9.17, 15) is 13.2 Å². The highest BCUT2D eigenvalue weighted by Crippen LogP contribution is 2.23. The number of nitrogens with zero attached hydrogens (tertiary/aromatic N) is 2. The van der Waals surface area contributed by atoms with Gasteiger partial charge in [0.15, 0.2) is 5.76 Å². The minimum atomic E-state index is -3.75. The largest absolute Gasteiger partial charge is 0.359 e. The molecule has 3 N–H and O–H groups in total. The molecule has 9 heteroatoms. The van der Waals surface area contributed by atoms with E-state index in [2.05, 4.69) is 15.4 Å². The number of anilines is 1. The molecule has 1 aromatic heterocycles. The molecule has 1 aliphatic heterocycles. The maximum absolute atomic E-state index is 12.6. The summed E-state index contributed by atoms with van der Waals surface area (Å²) >= 11 is 0. The van der Waals surface area contributed by atoms with Crippen molar-refractivity contribution in [1.29, 1.82) is 0 Å². The van der Waals surface area contributed by atoms with Crippen molar-refractivity contribution in [1.82, 2.24) is 10.1 Å². The average molecular weight is 441 g/mol. The lowest BCUT2D eigenvalue weighted by Gasteiger charge is -2.30. The topological polar surface area (TPSA) is 119 Å². The van der Waals surface area contributed by atoms with Gasteiger partial charge in [0.05, 0.1) is 11.4 Å². The Morgan fingerprint density at radius 1 is 1.10 bits per heavy atom. The number of benzene rings is 2.